The van der Waals surface area contributed by atoms with Crippen molar-refractivity contribution in [2.45, 2.75) is 32.8 Å². The third-order valence-electron chi connectivity index (χ3n) is 5.11. The molecule has 0 saturated heterocycles. The highest BCUT2D eigenvalue weighted by Crippen LogP contribution is 2.38. The van der Waals surface area contributed by atoms with Gasteiger partial charge in [-0.1, -0.05) is 6.07 Å². The predicted octanol–water partition coefficient (Wildman–Crippen LogP) is 5.33. The van der Waals surface area contributed by atoms with Crippen LogP contribution < -0.4 is 10.1 Å². The summed E-state index contributed by atoms with van der Waals surface area (Å²) in [5.74, 6) is -2.10. The van der Waals surface area contributed by atoms with Gasteiger partial charge in [-0.15, -0.1) is 0 Å². The van der Waals surface area contributed by atoms with Crippen LogP contribution in [0.2, 0.25) is 0 Å². The zero-order valence-corrected chi connectivity index (χ0v) is 17.3. The summed E-state index contributed by atoms with van der Waals surface area (Å²) in [6, 6.07) is 10.1. The molecule has 1 aliphatic rings. The first-order chi connectivity index (χ1) is 14.6. The molecule has 0 spiro atoms. The molecule has 31 heavy (non-hydrogen) atoms. The van der Waals surface area contributed by atoms with Crippen LogP contribution in [-0.4, -0.2) is 22.3 Å². The van der Waals surface area contributed by atoms with Gasteiger partial charge in [-0.05, 0) is 68.3 Å². The standard InChI is InChI=1S/C24H20F2N2O3/c1-13-9-16-19(29)11-24(2,3)31-20(16)10-15(13)14-7-8-21(27-12-14)28-23(30)22-17(25)5-4-6-18(22)26/h4-10,12H,11H2,1-3H3,(H,27,28,30). The number of pyridine rings is 1. The van der Waals surface area contributed by atoms with Crippen molar-refractivity contribution in [3.05, 3.63) is 77.0 Å². The van der Waals surface area contributed by atoms with Gasteiger partial charge < -0.3 is 10.1 Å². The Bertz CT molecular complexity index is 1180. The SMILES string of the molecule is Cc1cc2c(cc1-c1ccc(NC(=O)c3c(F)cccc3F)nc1)OC(C)(C)CC2=O. The first-order valence-corrected chi connectivity index (χ1v) is 9.73. The second-order valence-corrected chi connectivity index (χ2v) is 8.11. The molecule has 0 fully saturated rings. The molecule has 3 aromatic rings. The Balaban J connectivity index is 1.60. The number of aromatic nitrogens is 1. The summed E-state index contributed by atoms with van der Waals surface area (Å²) in [6.07, 6.45) is 1.86. The predicted molar refractivity (Wildman–Crippen MR) is 112 cm³/mol. The van der Waals surface area contributed by atoms with Gasteiger partial charge in [-0.2, -0.15) is 0 Å². The Hall–Kier alpha value is -3.61. The number of nitrogens with zero attached hydrogens (tertiary/aromatic N) is 1. The zero-order valence-electron chi connectivity index (χ0n) is 17.3. The molecule has 1 N–H and O–H groups in total. The molecule has 0 saturated carbocycles. The molecule has 4 rings (SSSR count). The van der Waals surface area contributed by atoms with Crippen LogP contribution in [-0.2, 0) is 0 Å². The van der Waals surface area contributed by atoms with E-state index in [0.29, 0.717) is 17.7 Å². The van der Waals surface area contributed by atoms with Crippen LogP contribution in [0.1, 0.15) is 46.5 Å². The zero-order chi connectivity index (χ0) is 22.3. The molecule has 5 nitrogen and oxygen atoms in total. The van der Waals surface area contributed by atoms with Gasteiger partial charge in [0.1, 0.15) is 34.4 Å². The van der Waals surface area contributed by atoms with Gasteiger partial charge in [0.15, 0.2) is 5.78 Å². The molecular weight excluding hydrogens is 402 g/mol. The van der Waals surface area contributed by atoms with Crippen LogP contribution in [0.4, 0.5) is 14.6 Å². The van der Waals surface area contributed by atoms with Gasteiger partial charge >= 0.3 is 0 Å². The van der Waals surface area contributed by atoms with E-state index in [2.05, 4.69) is 10.3 Å². The molecule has 7 heteroatoms. The summed E-state index contributed by atoms with van der Waals surface area (Å²) in [5, 5.41) is 2.40. The summed E-state index contributed by atoms with van der Waals surface area (Å²) < 4.78 is 33.6. The van der Waals surface area contributed by atoms with Crippen LogP contribution in [0.3, 0.4) is 0 Å². The Kier molecular flexibility index (Phi) is 5.05. The summed E-state index contributed by atoms with van der Waals surface area (Å²) in [4.78, 5) is 28.9. The number of ketones is 1. The fourth-order valence-electron chi connectivity index (χ4n) is 3.64. The maximum atomic E-state index is 13.8. The summed E-state index contributed by atoms with van der Waals surface area (Å²) in [6.45, 7) is 5.62. The quantitative estimate of drug-likeness (QED) is 0.619. The van der Waals surface area contributed by atoms with Gasteiger partial charge in [0, 0.05) is 11.8 Å². The van der Waals surface area contributed by atoms with E-state index in [0.717, 1.165) is 28.8 Å². The molecular formula is C24H20F2N2O3. The number of nitrogens with one attached hydrogen (secondary N) is 1. The number of amides is 1. The number of aryl methyl sites for hydroxylation is 1. The Morgan fingerprint density at radius 2 is 1.81 bits per heavy atom. The number of carbonyl (C=O) groups excluding carboxylic acids is 2. The molecule has 1 aromatic heterocycles. The van der Waals surface area contributed by atoms with Gasteiger partial charge in [0.25, 0.3) is 5.91 Å². The number of Topliss-reactive ketones (excluding diaryl/α,β-unsaturated/α-hetero) is 1. The van der Waals surface area contributed by atoms with E-state index >= 15 is 0 Å². The Morgan fingerprint density at radius 3 is 2.45 bits per heavy atom. The third-order valence-corrected chi connectivity index (χ3v) is 5.11. The highest BCUT2D eigenvalue weighted by Gasteiger charge is 2.33. The summed E-state index contributed by atoms with van der Waals surface area (Å²) >= 11 is 0. The molecule has 2 aromatic carbocycles. The van der Waals surface area contributed by atoms with Gasteiger partial charge in [0.05, 0.1) is 12.0 Å². The average molecular weight is 422 g/mol. The van der Waals surface area contributed by atoms with E-state index in [1.165, 1.54) is 12.3 Å². The van der Waals surface area contributed by atoms with Crippen molar-refractivity contribution < 1.29 is 23.1 Å². The number of hydrogen-bond acceptors (Lipinski definition) is 4. The minimum atomic E-state index is -0.948. The second kappa shape index (κ2) is 7.58. The van der Waals surface area contributed by atoms with Crippen LogP contribution >= 0.6 is 0 Å². The molecule has 2 heterocycles. The van der Waals surface area contributed by atoms with Gasteiger partial charge in [-0.3, -0.25) is 9.59 Å². The molecule has 0 bridgehead atoms. The second-order valence-electron chi connectivity index (χ2n) is 8.11. The number of hydrogen-bond donors (Lipinski definition) is 1. The fourth-order valence-corrected chi connectivity index (χ4v) is 3.64. The fraction of sp³-hybridized carbons (Fsp3) is 0.208. The third kappa shape index (κ3) is 4.03. The van der Waals surface area contributed by atoms with Crippen molar-refractivity contribution in [2.75, 3.05) is 5.32 Å². The van der Waals surface area contributed by atoms with Crippen LogP contribution in [0, 0.1) is 18.6 Å². The van der Waals surface area contributed by atoms with Crippen molar-refractivity contribution >= 4 is 17.5 Å². The van der Waals surface area contributed by atoms with Gasteiger partial charge in [-0.25, -0.2) is 13.8 Å². The highest BCUT2D eigenvalue weighted by atomic mass is 19.1. The minimum absolute atomic E-state index is 0.0393. The number of anilines is 1. The lowest BCUT2D eigenvalue weighted by Crippen LogP contribution is -2.35. The van der Waals surface area contributed by atoms with E-state index in [1.807, 2.05) is 26.8 Å². The van der Waals surface area contributed by atoms with E-state index < -0.39 is 28.7 Å². The van der Waals surface area contributed by atoms with Crippen molar-refractivity contribution in [2.24, 2.45) is 0 Å². The maximum absolute atomic E-state index is 13.8. The van der Waals surface area contributed by atoms with Crippen molar-refractivity contribution in [1.29, 1.82) is 0 Å². The molecule has 0 unspecified atom stereocenters. The largest absolute Gasteiger partial charge is 0.487 e. The lowest BCUT2D eigenvalue weighted by atomic mass is 9.90. The normalized spacial score (nSPS) is 14.5. The first-order valence-electron chi connectivity index (χ1n) is 9.73. The van der Waals surface area contributed by atoms with E-state index in [9.17, 15) is 18.4 Å². The number of halogens is 2. The van der Waals surface area contributed by atoms with E-state index in [4.69, 9.17) is 4.74 Å². The number of fused-ring (bicyclic) bond motifs is 1. The van der Waals surface area contributed by atoms with E-state index in [1.54, 1.807) is 18.2 Å². The molecule has 1 aliphatic heterocycles. The number of carbonyl (C=O) groups is 2. The van der Waals surface area contributed by atoms with Crippen molar-refractivity contribution in [1.82, 2.24) is 4.98 Å². The van der Waals surface area contributed by atoms with E-state index in [-0.39, 0.29) is 11.6 Å². The number of rotatable bonds is 3. The summed E-state index contributed by atoms with van der Waals surface area (Å²) in [5.41, 5.74) is 1.77. The lowest BCUT2D eigenvalue weighted by Gasteiger charge is -2.32. The van der Waals surface area contributed by atoms with Crippen LogP contribution in [0.15, 0.2) is 48.7 Å². The van der Waals surface area contributed by atoms with Crippen LogP contribution in [0.5, 0.6) is 5.75 Å². The number of benzene rings is 2. The molecule has 0 radical (unpaired) electrons. The lowest BCUT2D eigenvalue weighted by molar-refractivity contribution is 0.0620. The van der Waals surface area contributed by atoms with Crippen LogP contribution in [0.25, 0.3) is 11.1 Å². The monoisotopic (exact) mass is 422 g/mol. The Morgan fingerprint density at radius 1 is 1.10 bits per heavy atom. The highest BCUT2D eigenvalue weighted by molar-refractivity contribution is 6.04. The molecule has 158 valence electrons. The average Bonchev–Trinajstić information content (AvgIpc) is 2.68. The molecule has 0 atom stereocenters. The summed E-state index contributed by atoms with van der Waals surface area (Å²) in [7, 11) is 0. The Labute approximate surface area is 178 Å². The molecule has 1 amide bonds. The van der Waals surface area contributed by atoms with Gasteiger partial charge in [0.2, 0.25) is 0 Å². The topological polar surface area (TPSA) is 68.3 Å². The van der Waals surface area contributed by atoms with Crippen molar-refractivity contribution in [3.63, 3.8) is 0 Å². The smallest absolute Gasteiger partial charge is 0.262 e. The van der Waals surface area contributed by atoms with Crippen molar-refractivity contribution in [3.8, 4) is 16.9 Å². The number of ether oxygens (including phenoxy) is 1. The maximum Gasteiger partial charge on any atom is 0.262 e. The molecule has 0 aliphatic carbocycles. The first kappa shape index (κ1) is 20.7. The minimum Gasteiger partial charge on any atom is -0.487 e.